The molecular weight excluding hydrogens is 373 g/mol. The van der Waals surface area contributed by atoms with Crippen LogP contribution in [0.4, 0.5) is 10.1 Å². The van der Waals surface area contributed by atoms with Gasteiger partial charge in [0.05, 0.1) is 10.7 Å². The van der Waals surface area contributed by atoms with Gasteiger partial charge in [0.2, 0.25) is 0 Å². The van der Waals surface area contributed by atoms with Gasteiger partial charge in [0.25, 0.3) is 5.91 Å². The van der Waals surface area contributed by atoms with Crippen molar-refractivity contribution in [1.29, 1.82) is 0 Å². The molecule has 0 atom stereocenters. The van der Waals surface area contributed by atoms with Crippen molar-refractivity contribution >= 4 is 39.5 Å². The molecule has 4 aromatic rings. The minimum absolute atomic E-state index is 0.0343. The van der Waals surface area contributed by atoms with Crippen molar-refractivity contribution < 1.29 is 9.18 Å². The Balaban J connectivity index is 1.64. The first-order valence-corrected chi connectivity index (χ1v) is 9.02. The number of hydrogen-bond donors (Lipinski definition) is 1. The topological polar surface area (TPSA) is 46.4 Å². The van der Waals surface area contributed by atoms with Crippen molar-refractivity contribution in [3.05, 3.63) is 76.1 Å². The summed E-state index contributed by atoms with van der Waals surface area (Å²) in [7, 11) is 0. The van der Waals surface area contributed by atoms with Crippen LogP contribution in [0.3, 0.4) is 0 Å². The number of carbonyl (C=O) groups excluding carboxylic acids is 1. The molecule has 7 heteroatoms. The molecule has 0 radical (unpaired) electrons. The van der Waals surface area contributed by atoms with Crippen molar-refractivity contribution in [2.75, 3.05) is 5.32 Å². The molecule has 26 heavy (non-hydrogen) atoms. The van der Waals surface area contributed by atoms with E-state index >= 15 is 0 Å². The third-order valence-electron chi connectivity index (χ3n) is 4.01. The number of anilines is 1. The smallest absolute Gasteiger partial charge is 0.267 e. The Labute approximate surface area is 157 Å². The van der Waals surface area contributed by atoms with Crippen LogP contribution in [0.1, 0.15) is 15.4 Å². The molecule has 0 spiro atoms. The molecule has 130 valence electrons. The lowest BCUT2D eigenvalue weighted by Crippen LogP contribution is -2.12. The lowest BCUT2D eigenvalue weighted by Gasteiger charge is -2.05. The van der Waals surface area contributed by atoms with E-state index in [0.717, 1.165) is 21.9 Å². The number of aryl methyl sites for hydroxylation is 1. The Kier molecular flexibility index (Phi) is 4.22. The summed E-state index contributed by atoms with van der Waals surface area (Å²) >= 11 is 7.07. The van der Waals surface area contributed by atoms with Gasteiger partial charge >= 0.3 is 0 Å². The molecule has 2 aromatic heterocycles. The van der Waals surface area contributed by atoms with Crippen LogP contribution >= 0.6 is 22.9 Å². The van der Waals surface area contributed by atoms with Crippen molar-refractivity contribution in [2.45, 2.75) is 6.92 Å². The van der Waals surface area contributed by atoms with Gasteiger partial charge < -0.3 is 5.32 Å². The van der Waals surface area contributed by atoms with E-state index in [1.807, 2.05) is 47.9 Å². The Hall–Kier alpha value is -2.70. The van der Waals surface area contributed by atoms with Crippen LogP contribution < -0.4 is 5.32 Å². The highest BCUT2D eigenvalue weighted by Gasteiger charge is 2.18. The number of carbonyl (C=O) groups is 1. The zero-order valence-corrected chi connectivity index (χ0v) is 15.2. The van der Waals surface area contributed by atoms with E-state index in [4.69, 9.17) is 11.6 Å². The van der Waals surface area contributed by atoms with Crippen LogP contribution in [-0.4, -0.2) is 15.3 Å². The molecule has 4 nitrogen and oxygen atoms in total. The second-order valence-corrected chi connectivity index (χ2v) is 7.13. The predicted octanol–water partition coefficient (Wildman–Crippen LogP) is 5.42. The molecule has 2 aromatic carbocycles. The first-order valence-electron chi connectivity index (χ1n) is 7.83. The fraction of sp³-hybridized carbons (Fsp3) is 0.0526. The molecule has 0 unspecified atom stereocenters. The number of hydrogen-bond acceptors (Lipinski definition) is 3. The fourth-order valence-corrected chi connectivity index (χ4v) is 3.86. The highest BCUT2D eigenvalue weighted by atomic mass is 35.5. The SMILES string of the molecule is Cc1c(C(=O)Nc2ccc(F)c(Cl)c2)sc2nc(-c3ccccc3)cn12. The van der Waals surface area contributed by atoms with Gasteiger partial charge in [-0.3, -0.25) is 9.20 Å². The molecule has 0 aliphatic rings. The second kappa shape index (κ2) is 6.55. The Morgan fingerprint density at radius 1 is 1.23 bits per heavy atom. The van der Waals surface area contributed by atoms with Gasteiger partial charge in [-0.05, 0) is 25.1 Å². The van der Waals surface area contributed by atoms with E-state index in [-0.39, 0.29) is 10.9 Å². The molecule has 0 saturated carbocycles. The Morgan fingerprint density at radius 2 is 2.00 bits per heavy atom. The summed E-state index contributed by atoms with van der Waals surface area (Å²) in [5, 5.41) is 2.71. The zero-order chi connectivity index (χ0) is 18.3. The maximum absolute atomic E-state index is 13.2. The van der Waals surface area contributed by atoms with Crippen molar-refractivity contribution in [2.24, 2.45) is 0 Å². The fourth-order valence-electron chi connectivity index (χ4n) is 2.67. The van der Waals surface area contributed by atoms with Crippen LogP contribution in [0.5, 0.6) is 0 Å². The molecule has 0 bridgehead atoms. The van der Waals surface area contributed by atoms with Crippen molar-refractivity contribution in [1.82, 2.24) is 9.38 Å². The number of aromatic nitrogens is 2. The molecule has 0 saturated heterocycles. The van der Waals surface area contributed by atoms with E-state index < -0.39 is 5.82 Å². The number of thiazole rings is 1. The van der Waals surface area contributed by atoms with Gasteiger partial charge in [-0.15, -0.1) is 0 Å². The van der Waals surface area contributed by atoms with Gasteiger partial charge in [-0.25, -0.2) is 9.37 Å². The minimum atomic E-state index is -0.524. The summed E-state index contributed by atoms with van der Waals surface area (Å²) in [4.78, 5) is 18.5. The van der Waals surface area contributed by atoms with Gasteiger partial charge in [0.15, 0.2) is 4.96 Å². The van der Waals surface area contributed by atoms with Crippen LogP contribution in [0.25, 0.3) is 16.2 Å². The number of rotatable bonds is 3. The number of nitrogens with one attached hydrogen (secondary N) is 1. The summed E-state index contributed by atoms with van der Waals surface area (Å²) in [5.41, 5.74) is 3.12. The van der Waals surface area contributed by atoms with E-state index in [1.165, 1.54) is 29.5 Å². The summed E-state index contributed by atoms with van der Waals surface area (Å²) in [6.07, 6.45) is 1.92. The molecule has 0 fully saturated rings. The average Bonchev–Trinajstić information content (AvgIpc) is 3.19. The molecule has 0 aliphatic carbocycles. The molecular formula is C19H13ClFN3OS. The zero-order valence-electron chi connectivity index (χ0n) is 13.7. The maximum Gasteiger partial charge on any atom is 0.267 e. The Bertz CT molecular complexity index is 1120. The largest absolute Gasteiger partial charge is 0.321 e. The molecule has 2 heterocycles. The predicted molar refractivity (Wildman–Crippen MR) is 103 cm³/mol. The van der Waals surface area contributed by atoms with E-state index in [1.54, 1.807) is 0 Å². The van der Waals surface area contributed by atoms with E-state index in [9.17, 15) is 9.18 Å². The number of imidazole rings is 1. The minimum Gasteiger partial charge on any atom is -0.321 e. The van der Waals surface area contributed by atoms with E-state index in [2.05, 4.69) is 10.3 Å². The van der Waals surface area contributed by atoms with Gasteiger partial charge in [0.1, 0.15) is 10.7 Å². The molecule has 0 aliphatic heterocycles. The molecule has 1 N–H and O–H groups in total. The highest BCUT2D eigenvalue weighted by Crippen LogP contribution is 2.28. The number of nitrogens with zero attached hydrogens (tertiary/aromatic N) is 2. The number of fused-ring (bicyclic) bond motifs is 1. The third-order valence-corrected chi connectivity index (χ3v) is 5.46. The molecule has 1 amide bonds. The average molecular weight is 386 g/mol. The first-order chi connectivity index (χ1) is 12.5. The normalized spacial score (nSPS) is 11.0. The standard InChI is InChI=1S/C19H13ClFN3OS/c1-11-17(18(25)22-13-7-8-15(21)14(20)9-13)26-19-23-16(10-24(11)19)12-5-3-2-4-6-12/h2-10H,1H3,(H,22,25). The van der Waals surface area contributed by atoms with Gasteiger partial charge in [0, 0.05) is 23.1 Å². The first kappa shape index (κ1) is 16.8. The van der Waals surface area contributed by atoms with Crippen molar-refractivity contribution in [3.63, 3.8) is 0 Å². The van der Waals surface area contributed by atoms with Crippen molar-refractivity contribution in [3.8, 4) is 11.3 Å². The third kappa shape index (κ3) is 2.98. The lowest BCUT2D eigenvalue weighted by molar-refractivity contribution is 0.102. The van der Waals surface area contributed by atoms with E-state index in [0.29, 0.717) is 10.6 Å². The molecule has 4 rings (SSSR count). The summed E-state index contributed by atoms with van der Waals surface area (Å²) in [6.45, 7) is 1.87. The Morgan fingerprint density at radius 3 is 2.69 bits per heavy atom. The number of benzene rings is 2. The summed E-state index contributed by atoms with van der Waals surface area (Å²) in [5.74, 6) is -0.800. The number of halogens is 2. The summed E-state index contributed by atoms with van der Waals surface area (Å²) < 4.78 is 15.1. The van der Waals surface area contributed by atoms with Crippen LogP contribution in [0.2, 0.25) is 5.02 Å². The maximum atomic E-state index is 13.2. The second-order valence-electron chi connectivity index (χ2n) is 5.74. The monoisotopic (exact) mass is 385 g/mol. The van der Waals surface area contributed by atoms with Crippen LogP contribution in [0.15, 0.2) is 54.7 Å². The highest BCUT2D eigenvalue weighted by molar-refractivity contribution is 7.19. The lowest BCUT2D eigenvalue weighted by atomic mass is 10.2. The number of amides is 1. The quantitative estimate of drug-likeness (QED) is 0.512. The summed E-state index contributed by atoms with van der Waals surface area (Å²) in [6, 6.07) is 13.9. The van der Waals surface area contributed by atoms with Crippen LogP contribution in [0, 0.1) is 12.7 Å². The van der Waals surface area contributed by atoms with Gasteiger partial charge in [-0.2, -0.15) is 0 Å². The van der Waals surface area contributed by atoms with Gasteiger partial charge in [-0.1, -0.05) is 53.3 Å². The van der Waals surface area contributed by atoms with Crippen LogP contribution in [-0.2, 0) is 0 Å².